The van der Waals surface area contributed by atoms with Gasteiger partial charge in [-0.05, 0) is 32.9 Å². The number of aromatic nitrogens is 1. The van der Waals surface area contributed by atoms with E-state index in [2.05, 4.69) is 5.16 Å². The third kappa shape index (κ3) is 2.37. The molecule has 22 heavy (non-hydrogen) atoms. The van der Waals surface area contributed by atoms with Gasteiger partial charge >= 0.3 is 0 Å². The molecular weight excluding hydrogens is 306 g/mol. The zero-order chi connectivity index (χ0) is 16.1. The van der Waals surface area contributed by atoms with E-state index in [1.165, 1.54) is 4.31 Å². The highest BCUT2D eigenvalue weighted by Crippen LogP contribution is 2.33. The molecule has 1 aliphatic heterocycles. The minimum atomic E-state index is -3.67. The summed E-state index contributed by atoms with van der Waals surface area (Å²) in [6.07, 6.45) is 0. The average molecular weight is 325 g/mol. The number of nitrogens with zero attached hydrogens (tertiary/aromatic N) is 2. The Balaban J connectivity index is 1.91. The standard InChI is InChI=1S/C14H19N3O4S/c1-8-4-5-13(20-8)11-6-17(7-12(11)15)22(18,19)14-9(2)16-21-10(14)3/h4-5,11-12H,6-7,15H2,1-3H3/t11-,12-/m1/s1. The van der Waals surface area contributed by atoms with Crippen molar-refractivity contribution in [3.05, 3.63) is 35.1 Å². The predicted molar refractivity (Wildman–Crippen MR) is 78.9 cm³/mol. The molecule has 3 rings (SSSR count). The highest BCUT2D eigenvalue weighted by molar-refractivity contribution is 7.89. The summed E-state index contributed by atoms with van der Waals surface area (Å²) in [6.45, 7) is 5.60. The summed E-state index contributed by atoms with van der Waals surface area (Å²) in [5.74, 6) is 1.66. The van der Waals surface area contributed by atoms with Crippen molar-refractivity contribution in [2.75, 3.05) is 13.1 Å². The predicted octanol–water partition coefficient (Wildman–Crippen LogP) is 1.31. The van der Waals surface area contributed by atoms with Gasteiger partial charge in [-0.2, -0.15) is 4.31 Å². The van der Waals surface area contributed by atoms with Crippen LogP contribution >= 0.6 is 0 Å². The first-order valence-corrected chi connectivity index (χ1v) is 8.49. The summed E-state index contributed by atoms with van der Waals surface area (Å²) in [6, 6.07) is 3.40. The molecule has 0 bridgehead atoms. The molecule has 1 fully saturated rings. The first-order chi connectivity index (χ1) is 10.3. The second kappa shape index (κ2) is 5.22. The van der Waals surface area contributed by atoms with E-state index in [0.717, 1.165) is 11.5 Å². The van der Waals surface area contributed by atoms with Gasteiger partial charge in [0.2, 0.25) is 10.0 Å². The monoisotopic (exact) mass is 325 g/mol. The summed E-state index contributed by atoms with van der Waals surface area (Å²) in [4.78, 5) is 0.135. The normalized spacial score (nSPS) is 23.3. The number of hydrogen-bond acceptors (Lipinski definition) is 6. The molecule has 1 aliphatic rings. The Morgan fingerprint density at radius 2 is 2.00 bits per heavy atom. The third-order valence-corrected chi connectivity index (χ3v) is 6.10. The van der Waals surface area contributed by atoms with Gasteiger partial charge in [0, 0.05) is 25.0 Å². The van der Waals surface area contributed by atoms with Crippen molar-refractivity contribution in [1.82, 2.24) is 9.46 Å². The van der Waals surface area contributed by atoms with Crippen molar-refractivity contribution in [1.29, 1.82) is 0 Å². The lowest BCUT2D eigenvalue weighted by Crippen LogP contribution is -2.32. The number of rotatable bonds is 3. The number of nitrogens with two attached hydrogens (primary N) is 1. The fraction of sp³-hybridized carbons (Fsp3) is 0.500. The van der Waals surface area contributed by atoms with E-state index in [0.29, 0.717) is 18.0 Å². The Morgan fingerprint density at radius 3 is 2.55 bits per heavy atom. The second-order valence-electron chi connectivity index (χ2n) is 5.69. The maximum atomic E-state index is 12.8. The average Bonchev–Trinajstić information content (AvgIpc) is 3.10. The second-order valence-corrected chi connectivity index (χ2v) is 7.57. The molecule has 0 amide bonds. The van der Waals surface area contributed by atoms with Gasteiger partial charge in [-0.1, -0.05) is 5.16 Å². The molecule has 7 nitrogen and oxygen atoms in total. The van der Waals surface area contributed by atoms with Gasteiger partial charge in [-0.3, -0.25) is 0 Å². The molecule has 0 saturated carbocycles. The molecule has 120 valence electrons. The van der Waals surface area contributed by atoms with Crippen LogP contribution in [0.4, 0.5) is 0 Å². The van der Waals surface area contributed by atoms with Crippen LogP contribution in [-0.4, -0.2) is 37.0 Å². The van der Waals surface area contributed by atoms with E-state index in [9.17, 15) is 8.42 Å². The Bertz CT molecular complexity index is 773. The van der Waals surface area contributed by atoms with E-state index in [-0.39, 0.29) is 23.4 Å². The van der Waals surface area contributed by atoms with Crippen LogP contribution < -0.4 is 5.73 Å². The van der Waals surface area contributed by atoms with Crippen molar-refractivity contribution in [2.24, 2.45) is 5.73 Å². The van der Waals surface area contributed by atoms with Crippen LogP contribution in [0, 0.1) is 20.8 Å². The van der Waals surface area contributed by atoms with Gasteiger partial charge in [0.05, 0.1) is 0 Å². The highest BCUT2D eigenvalue weighted by Gasteiger charge is 2.41. The fourth-order valence-electron chi connectivity index (χ4n) is 2.91. The van der Waals surface area contributed by atoms with Gasteiger partial charge in [-0.15, -0.1) is 0 Å². The van der Waals surface area contributed by atoms with Crippen LogP contribution in [0.1, 0.15) is 28.9 Å². The molecule has 2 N–H and O–H groups in total. The first kappa shape index (κ1) is 15.3. The molecule has 0 radical (unpaired) electrons. The van der Waals surface area contributed by atoms with Crippen molar-refractivity contribution in [3.63, 3.8) is 0 Å². The quantitative estimate of drug-likeness (QED) is 0.912. The summed E-state index contributed by atoms with van der Waals surface area (Å²) >= 11 is 0. The van der Waals surface area contributed by atoms with Gasteiger partial charge in [0.1, 0.15) is 22.1 Å². The van der Waals surface area contributed by atoms with Crippen LogP contribution in [0.3, 0.4) is 0 Å². The smallest absolute Gasteiger partial charge is 0.248 e. The van der Waals surface area contributed by atoms with Crippen molar-refractivity contribution < 1.29 is 17.4 Å². The molecule has 2 atom stereocenters. The lowest BCUT2D eigenvalue weighted by Gasteiger charge is -2.15. The maximum Gasteiger partial charge on any atom is 0.248 e. The Morgan fingerprint density at radius 1 is 1.27 bits per heavy atom. The number of hydrogen-bond donors (Lipinski definition) is 1. The Kier molecular flexibility index (Phi) is 3.62. The van der Waals surface area contributed by atoms with Gasteiger partial charge in [0.25, 0.3) is 0 Å². The summed E-state index contributed by atoms with van der Waals surface area (Å²) in [7, 11) is -3.67. The van der Waals surface area contributed by atoms with Gasteiger partial charge < -0.3 is 14.7 Å². The van der Waals surface area contributed by atoms with E-state index < -0.39 is 10.0 Å². The van der Waals surface area contributed by atoms with Crippen LogP contribution in [0.2, 0.25) is 0 Å². The first-order valence-electron chi connectivity index (χ1n) is 7.05. The van der Waals surface area contributed by atoms with Crippen LogP contribution in [0.15, 0.2) is 26.0 Å². The minimum Gasteiger partial charge on any atom is -0.466 e. The van der Waals surface area contributed by atoms with Crippen LogP contribution in [0.5, 0.6) is 0 Å². The van der Waals surface area contributed by atoms with E-state index >= 15 is 0 Å². The zero-order valence-electron chi connectivity index (χ0n) is 12.7. The van der Waals surface area contributed by atoms with E-state index in [1.807, 2.05) is 19.1 Å². The number of furan rings is 1. The molecule has 0 aliphatic carbocycles. The zero-order valence-corrected chi connectivity index (χ0v) is 13.6. The topological polar surface area (TPSA) is 103 Å². The molecular formula is C14H19N3O4S. The molecule has 0 unspecified atom stereocenters. The maximum absolute atomic E-state index is 12.8. The van der Waals surface area contributed by atoms with Crippen LogP contribution in [0.25, 0.3) is 0 Å². The lowest BCUT2D eigenvalue weighted by molar-refractivity contribution is 0.389. The Hall–Kier alpha value is -1.64. The molecule has 2 aromatic rings. The van der Waals surface area contributed by atoms with Crippen LogP contribution in [-0.2, 0) is 10.0 Å². The lowest BCUT2D eigenvalue weighted by atomic mass is 10.0. The number of sulfonamides is 1. The molecule has 0 spiro atoms. The Labute approximate surface area is 129 Å². The molecule has 3 heterocycles. The van der Waals surface area contributed by atoms with E-state index in [1.54, 1.807) is 13.8 Å². The summed E-state index contributed by atoms with van der Waals surface area (Å²) < 4.78 is 37.6. The van der Waals surface area contributed by atoms with Crippen molar-refractivity contribution in [2.45, 2.75) is 37.6 Å². The fourth-order valence-corrected chi connectivity index (χ4v) is 4.71. The molecule has 8 heteroatoms. The van der Waals surface area contributed by atoms with E-state index in [4.69, 9.17) is 14.7 Å². The largest absolute Gasteiger partial charge is 0.466 e. The molecule has 1 saturated heterocycles. The molecule has 2 aromatic heterocycles. The third-order valence-electron chi connectivity index (χ3n) is 4.02. The van der Waals surface area contributed by atoms with Gasteiger partial charge in [-0.25, -0.2) is 8.42 Å². The molecule has 0 aromatic carbocycles. The highest BCUT2D eigenvalue weighted by atomic mass is 32.2. The minimum absolute atomic E-state index is 0.135. The van der Waals surface area contributed by atoms with Gasteiger partial charge in [0.15, 0.2) is 5.76 Å². The summed E-state index contributed by atoms with van der Waals surface area (Å²) in [5, 5.41) is 3.72. The van der Waals surface area contributed by atoms with Crippen molar-refractivity contribution in [3.8, 4) is 0 Å². The van der Waals surface area contributed by atoms with Crippen molar-refractivity contribution >= 4 is 10.0 Å². The number of aryl methyl sites for hydroxylation is 3. The summed E-state index contributed by atoms with van der Waals surface area (Å²) in [5.41, 5.74) is 6.50. The SMILES string of the molecule is Cc1ccc([C@@H]2CN(S(=O)(=O)c3c(C)noc3C)C[C@H]2N)o1.